The average molecular weight is 597 g/mol. The maximum absolute atomic E-state index is 12.4. The van der Waals surface area contributed by atoms with Crippen molar-refractivity contribution in [3.63, 3.8) is 0 Å². The number of hydrogen-bond donors (Lipinski definition) is 2. The molecule has 0 spiro atoms. The lowest BCUT2D eigenvalue weighted by Gasteiger charge is -2.36. The summed E-state index contributed by atoms with van der Waals surface area (Å²) in [5.74, 6) is 0.810. The molecule has 1 aliphatic heterocycles. The van der Waals surface area contributed by atoms with E-state index in [1.165, 1.54) is 0 Å². The van der Waals surface area contributed by atoms with Crippen LogP contribution in [0.25, 0.3) is 28.0 Å². The van der Waals surface area contributed by atoms with Gasteiger partial charge in [-0.2, -0.15) is 18.3 Å². The first-order chi connectivity index (χ1) is 20.3. The van der Waals surface area contributed by atoms with E-state index in [0.29, 0.717) is 48.8 Å². The van der Waals surface area contributed by atoms with Crippen LogP contribution in [0.5, 0.6) is 0 Å². The largest absolute Gasteiger partial charge is 0.444 e. The van der Waals surface area contributed by atoms with Gasteiger partial charge in [0.05, 0.1) is 18.1 Å². The molecule has 3 amide bonds. The monoisotopic (exact) mass is 596 g/mol. The molecular formula is C29H31F3N8O3. The molecule has 2 N–H and O–H groups in total. The third-order valence-corrected chi connectivity index (χ3v) is 6.56. The molecule has 0 unspecified atom stereocenters. The number of alkyl halides is 3. The van der Waals surface area contributed by atoms with Gasteiger partial charge < -0.3 is 25.2 Å². The van der Waals surface area contributed by atoms with Gasteiger partial charge in [0, 0.05) is 54.8 Å². The Bertz CT molecular complexity index is 1610. The topological polar surface area (TPSA) is 117 Å². The smallest absolute Gasteiger partial charge is 0.410 e. The van der Waals surface area contributed by atoms with Crippen molar-refractivity contribution in [1.82, 2.24) is 29.8 Å². The van der Waals surface area contributed by atoms with Crippen LogP contribution in [-0.4, -0.2) is 81.1 Å². The Hall–Kier alpha value is -4.88. The number of pyridine rings is 1. The summed E-state index contributed by atoms with van der Waals surface area (Å²) in [6.07, 6.45) is 0.288. The molecule has 4 heterocycles. The van der Waals surface area contributed by atoms with Gasteiger partial charge in [-0.1, -0.05) is 12.1 Å². The lowest BCUT2D eigenvalue weighted by molar-refractivity contribution is -0.122. The fourth-order valence-electron chi connectivity index (χ4n) is 4.53. The van der Waals surface area contributed by atoms with Crippen molar-refractivity contribution < 1.29 is 27.5 Å². The van der Waals surface area contributed by atoms with Crippen LogP contribution in [0.15, 0.2) is 61.1 Å². The summed E-state index contributed by atoms with van der Waals surface area (Å²) >= 11 is 0. The van der Waals surface area contributed by atoms with E-state index in [0.717, 1.165) is 16.9 Å². The molecule has 5 rings (SSSR count). The summed E-state index contributed by atoms with van der Waals surface area (Å²) in [6.45, 7) is 6.50. The van der Waals surface area contributed by atoms with Crippen LogP contribution in [0.4, 0.5) is 34.3 Å². The lowest BCUT2D eigenvalue weighted by atomic mass is 10.1. The molecule has 0 aliphatic carbocycles. The van der Waals surface area contributed by atoms with Gasteiger partial charge in [0.1, 0.15) is 18.0 Å². The first-order valence-corrected chi connectivity index (χ1v) is 13.6. The Balaban J connectivity index is 1.24. The molecule has 1 saturated heterocycles. The molecule has 11 nitrogen and oxygen atoms in total. The van der Waals surface area contributed by atoms with Crippen LogP contribution in [0.3, 0.4) is 0 Å². The third-order valence-electron chi connectivity index (χ3n) is 6.56. The molecule has 0 saturated carbocycles. The van der Waals surface area contributed by atoms with Crippen LogP contribution in [0.1, 0.15) is 20.8 Å². The number of amides is 3. The zero-order chi connectivity index (χ0) is 30.8. The number of carbonyl (C=O) groups is 2. The molecule has 0 bridgehead atoms. The highest BCUT2D eigenvalue weighted by molar-refractivity contribution is 5.90. The minimum absolute atomic E-state index is 0.308. The molecule has 0 radical (unpaired) electrons. The number of piperazine rings is 1. The highest BCUT2D eigenvalue weighted by Gasteiger charge is 2.28. The van der Waals surface area contributed by atoms with Gasteiger partial charge in [-0.3, -0.25) is 0 Å². The fourth-order valence-corrected chi connectivity index (χ4v) is 4.53. The van der Waals surface area contributed by atoms with Gasteiger partial charge in [0.2, 0.25) is 0 Å². The predicted molar refractivity (Wildman–Crippen MR) is 155 cm³/mol. The normalized spacial score (nSPS) is 14.1. The van der Waals surface area contributed by atoms with Crippen molar-refractivity contribution in [1.29, 1.82) is 0 Å². The highest BCUT2D eigenvalue weighted by atomic mass is 19.4. The van der Waals surface area contributed by atoms with Gasteiger partial charge in [-0.25, -0.2) is 24.1 Å². The van der Waals surface area contributed by atoms with Crippen LogP contribution in [-0.2, 0) is 4.74 Å². The van der Waals surface area contributed by atoms with E-state index in [4.69, 9.17) is 4.74 Å². The number of benzene rings is 1. The Kier molecular flexibility index (Phi) is 8.11. The number of rotatable bonds is 5. The van der Waals surface area contributed by atoms with E-state index in [9.17, 15) is 22.8 Å². The van der Waals surface area contributed by atoms with Crippen molar-refractivity contribution in [2.75, 3.05) is 42.9 Å². The zero-order valence-electron chi connectivity index (χ0n) is 23.9. The Morgan fingerprint density at radius 1 is 0.907 bits per heavy atom. The summed E-state index contributed by atoms with van der Waals surface area (Å²) in [5, 5.41) is 8.73. The summed E-state index contributed by atoms with van der Waals surface area (Å²) in [4.78, 5) is 37.1. The van der Waals surface area contributed by atoms with Gasteiger partial charge in [0.15, 0.2) is 5.65 Å². The zero-order valence-corrected chi connectivity index (χ0v) is 23.9. The van der Waals surface area contributed by atoms with Gasteiger partial charge in [0.25, 0.3) is 0 Å². The number of hydrogen-bond acceptors (Lipinski definition) is 7. The molecule has 1 fully saturated rings. The minimum Gasteiger partial charge on any atom is -0.444 e. The number of anilines is 2. The van der Waals surface area contributed by atoms with E-state index in [-0.39, 0.29) is 6.09 Å². The first-order valence-electron chi connectivity index (χ1n) is 13.6. The van der Waals surface area contributed by atoms with E-state index in [2.05, 4.69) is 25.3 Å². The molecule has 1 aromatic carbocycles. The van der Waals surface area contributed by atoms with Crippen LogP contribution >= 0.6 is 0 Å². The van der Waals surface area contributed by atoms with E-state index in [1.807, 2.05) is 39.0 Å². The molecule has 0 atom stereocenters. The van der Waals surface area contributed by atoms with Gasteiger partial charge >= 0.3 is 18.3 Å². The molecule has 43 heavy (non-hydrogen) atoms. The molecule has 1 aliphatic rings. The maximum atomic E-state index is 12.4. The number of ether oxygens (including phenoxy) is 1. The van der Waals surface area contributed by atoms with Crippen LogP contribution in [0, 0.1) is 0 Å². The second kappa shape index (κ2) is 11.8. The van der Waals surface area contributed by atoms with Gasteiger partial charge in [-0.15, -0.1) is 0 Å². The Morgan fingerprint density at radius 2 is 1.67 bits per heavy atom. The standard InChI is InChI=1S/C29H31F3N8O3/c1-28(2,3)43-27(42)39-11-9-38(10-12-39)24-8-7-20(15-33-24)21-14-25-34-17-23(40(25)36-16-21)19-5-4-6-22(13-19)37-26(41)35-18-29(30,31)32/h4-8,13-17H,9-12,18H2,1-3H3,(H2,35,37,41). The summed E-state index contributed by atoms with van der Waals surface area (Å²) < 4.78 is 44.2. The minimum atomic E-state index is -4.50. The summed E-state index contributed by atoms with van der Waals surface area (Å²) in [7, 11) is 0. The molecule has 4 aromatic rings. The number of nitrogens with zero attached hydrogens (tertiary/aromatic N) is 6. The van der Waals surface area contributed by atoms with Crippen molar-refractivity contribution in [2.45, 2.75) is 32.5 Å². The SMILES string of the molecule is CC(C)(C)OC(=O)N1CCN(c2ccc(-c3cnn4c(-c5cccc(NC(=O)NCC(F)(F)F)c5)cnc4c3)cn2)CC1. The van der Waals surface area contributed by atoms with E-state index in [1.54, 1.807) is 57.6 Å². The Labute approximate surface area is 245 Å². The molecule has 14 heteroatoms. The maximum Gasteiger partial charge on any atom is 0.410 e. The second-order valence-electron chi connectivity index (χ2n) is 11.0. The van der Waals surface area contributed by atoms with Gasteiger partial charge in [-0.05, 0) is 51.1 Å². The summed E-state index contributed by atoms with van der Waals surface area (Å²) in [5.41, 5.74) is 3.34. The molecule has 3 aromatic heterocycles. The highest BCUT2D eigenvalue weighted by Crippen LogP contribution is 2.27. The number of carbonyl (C=O) groups excluding carboxylic acids is 2. The number of nitrogens with one attached hydrogen (secondary N) is 2. The molecule has 226 valence electrons. The fraction of sp³-hybridized carbons (Fsp3) is 0.345. The number of aromatic nitrogens is 4. The van der Waals surface area contributed by atoms with Crippen molar-refractivity contribution in [3.05, 3.63) is 61.1 Å². The predicted octanol–water partition coefficient (Wildman–Crippen LogP) is 5.20. The number of imidazole rings is 1. The average Bonchev–Trinajstić information content (AvgIpc) is 3.39. The number of halogens is 3. The second-order valence-corrected chi connectivity index (χ2v) is 11.0. The Morgan fingerprint density at radius 3 is 2.35 bits per heavy atom. The number of fused-ring (bicyclic) bond motifs is 1. The molecular weight excluding hydrogens is 565 g/mol. The van der Waals surface area contributed by atoms with E-state index < -0.39 is 24.4 Å². The van der Waals surface area contributed by atoms with Crippen LogP contribution < -0.4 is 15.5 Å². The van der Waals surface area contributed by atoms with E-state index >= 15 is 0 Å². The van der Waals surface area contributed by atoms with Crippen molar-refractivity contribution in [3.8, 4) is 22.4 Å². The third kappa shape index (κ3) is 7.50. The number of urea groups is 1. The quantitative estimate of drug-likeness (QED) is 0.325. The lowest BCUT2D eigenvalue weighted by Crippen LogP contribution is -2.50. The van der Waals surface area contributed by atoms with Crippen molar-refractivity contribution >= 4 is 29.3 Å². The van der Waals surface area contributed by atoms with Crippen molar-refractivity contribution in [2.24, 2.45) is 0 Å². The first kappa shape index (κ1) is 29.6. The summed E-state index contributed by atoms with van der Waals surface area (Å²) in [6, 6.07) is 11.5. The van der Waals surface area contributed by atoms with Crippen LogP contribution in [0.2, 0.25) is 0 Å².